The molecule has 7 heteroatoms. The number of hydrogen-bond donors (Lipinski definition) is 0. The summed E-state index contributed by atoms with van der Waals surface area (Å²) < 4.78 is 40.2. The first-order valence-corrected chi connectivity index (χ1v) is 17.2. The van der Waals surface area contributed by atoms with Crippen molar-refractivity contribution in [2.75, 3.05) is 13.2 Å². The van der Waals surface area contributed by atoms with Crippen molar-refractivity contribution in [2.45, 2.75) is 40.5 Å². The Morgan fingerprint density at radius 3 is 1.20 bits per heavy atom. The molecule has 5 aromatic rings. The van der Waals surface area contributed by atoms with E-state index >= 15 is 0 Å². The summed E-state index contributed by atoms with van der Waals surface area (Å²) in [6.45, 7) is 9.13. The second kappa shape index (κ2) is 15.2. The van der Waals surface area contributed by atoms with Crippen molar-refractivity contribution in [1.29, 1.82) is 0 Å². The van der Waals surface area contributed by atoms with Gasteiger partial charge in [-0.3, -0.25) is 0 Å². The zero-order chi connectivity index (χ0) is 31.5. The molecule has 0 heterocycles. The summed E-state index contributed by atoms with van der Waals surface area (Å²) in [6.07, 6.45) is 1.37. The minimum absolute atomic E-state index is 0.443. The van der Waals surface area contributed by atoms with E-state index in [9.17, 15) is 0 Å². The predicted octanol–water partition coefficient (Wildman–Crippen LogP) is 9.33. The van der Waals surface area contributed by atoms with Crippen LogP contribution < -0.4 is 27.2 Å². The zero-order valence-electron chi connectivity index (χ0n) is 26.3. The maximum absolute atomic E-state index is 7.22. The van der Waals surface area contributed by atoms with Crippen LogP contribution >= 0.6 is 0 Å². The van der Waals surface area contributed by atoms with Gasteiger partial charge in [-0.1, -0.05) is 98.8 Å². The Morgan fingerprint density at radius 1 is 0.422 bits per heavy atom. The molecule has 0 amide bonds. The molecule has 0 N–H and O–H groups in total. The van der Waals surface area contributed by atoms with E-state index in [0.717, 1.165) is 28.0 Å². The van der Waals surface area contributed by atoms with Crippen LogP contribution in [-0.4, -0.2) is 22.3 Å². The first-order chi connectivity index (χ1) is 22.1. The van der Waals surface area contributed by atoms with Crippen LogP contribution in [0.3, 0.4) is 0 Å². The molecule has 0 aromatic heterocycles. The Morgan fingerprint density at radius 2 is 0.800 bits per heavy atom. The molecule has 0 aliphatic rings. The lowest BCUT2D eigenvalue weighted by Gasteiger charge is -2.32. The van der Waals surface area contributed by atoms with Crippen molar-refractivity contribution in [1.82, 2.24) is 0 Å². The number of hydrogen-bond acceptors (Lipinski definition) is 6. The maximum atomic E-state index is 7.22. The van der Waals surface area contributed by atoms with Crippen LogP contribution in [0.25, 0.3) is 11.1 Å². The normalized spacial score (nSPS) is 11.0. The van der Waals surface area contributed by atoms with Gasteiger partial charge < -0.3 is 27.2 Å². The molecule has 0 bridgehead atoms. The molecule has 0 saturated carbocycles. The van der Waals surface area contributed by atoms with Crippen LogP contribution in [0.2, 0.25) is 0 Å². The minimum atomic E-state index is -4.18. The fourth-order valence-corrected chi connectivity index (χ4v) is 7.23. The standard InChI is InChI=1S/C38H40O6Si/c1-5-33-34(6-2)37(39-7-3)38(40-8-4)35(29-21-13-9-14-22-29)36(33)44-45(41-30-23-15-10-16-24-30,42-31-25-17-11-18-26-31)43-32-27-19-12-20-28-32/h9-28H,5-8H2,1-4H3. The summed E-state index contributed by atoms with van der Waals surface area (Å²) >= 11 is 0. The number of rotatable bonds is 15. The SMILES string of the molecule is CCOc1c(CC)c(CC)c(O[Si](Oc2ccccc2)(Oc2ccccc2)Oc2ccccc2)c(-c2ccccc2)c1OCC. The fourth-order valence-electron chi connectivity index (χ4n) is 5.23. The van der Waals surface area contributed by atoms with Crippen molar-refractivity contribution in [3.05, 3.63) is 132 Å². The molecule has 0 radical (unpaired) electrons. The highest BCUT2D eigenvalue weighted by Crippen LogP contribution is 2.51. The van der Waals surface area contributed by atoms with Gasteiger partial charge >= 0.3 is 9.05 Å². The molecule has 232 valence electrons. The lowest BCUT2D eigenvalue weighted by Crippen LogP contribution is -2.60. The highest BCUT2D eigenvalue weighted by molar-refractivity contribution is 6.57. The number of para-hydroxylation sites is 3. The topological polar surface area (TPSA) is 55.4 Å². The highest BCUT2D eigenvalue weighted by atomic mass is 28.4. The Labute approximate surface area is 267 Å². The fraction of sp³-hybridized carbons (Fsp3) is 0.211. The van der Waals surface area contributed by atoms with Gasteiger partial charge in [0.1, 0.15) is 23.0 Å². The maximum Gasteiger partial charge on any atom is 0.966 e. The molecule has 6 nitrogen and oxygen atoms in total. The summed E-state index contributed by atoms with van der Waals surface area (Å²) in [5, 5.41) is 0. The molecule has 0 aliphatic carbocycles. The van der Waals surface area contributed by atoms with Gasteiger partial charge in [0.15, 0.2) is 11.5 Å². The molecule has 0 unspecified atom stereocenters. The van der Waals surface area contributed by atoms with Gasteiger partial charge in [-0.15, -0.1) is 0 Å². The first kappa shape index (κ1) is 31.5. The Balaban J connectivity index is 1.82. The molecule has 0 atom stereocenters. The van der Waals surface area contributed by atoms with E-state index in [4.69, 9.17) is 27.2 Å². The van der Waals surface area contributed by atoms with Gasteiger partial charge in [0.05, 0.1) is 18.8 Å². The molecule has 5 aromatic carbocycles. The van der Waals surface area contributed by atoms with Crippen molar-refractivity contribution >= 4 is 9.05 Å². The summed E-state index contributed by atoms with van der Waals surface area (Å²) in [6, 6.07) is 38.5. The monoisotopic (exact) mass is 620 g/mol. The van der Waals surface area contributed by atoms with E-state index in [0.29, 0.717) is 54.8 Å². The second-order valence-corrected chi connectivity index (χ2v) is 11.9. The molecular weight excluding hydrogens is 580 g/mol. The summed E-state index contributed by atoms with van der Waals surface area (Å²) in [5.41, 5.74) is 3.66. The lowest BCUT2D eigenvalue weighted by atomic mass is 9.92. The van der Waals surface area contributed by atoms with E-state index in [1.807, 2.05) is 135 Å². The van der Waals surface area contributed by atoms with Crippen LogP contribution in [0.5, 0.6) is 34.5 Å². The first-order valence-electron chi connectivity index (χ1n) is 15.5. The molecule has 0 spiro atoms. The highest BCUT2D eigenvalue weighted by Gasteiger charge is 2.59. The van der Waals surface area contributed by atoms with E-state index in [1.165, 1.54) is 0 Å². The Bertz CT molecular complexity index is 1530. The van der Waals surface area contributed by atoms with Gasteiger partial charge in [-0.2, -0.15) is 0 Å². The largest absolute Gasteiger partial charge is 0.966 e. The Hall–Kier alpha value is -4.88. The molecular formula is C38H40O6Si. The zero-order valence-corrected chi connectivity index (χ0v) is 27.3. The Kier molecular flexibility index (Phi) is 10.7. The third kappa shape index (κ3) is 7.44. The minimum Gasteiger partial charge on any atom is -0.490 e. The molecule has 5 rings (SSSR count). The van der Waals surface area contributed by atoms with E-state index in [-0.39, 0.29) is 0 Å². The van der Waals surface area contributed by atoms with Crippen molar-refractivity contribution in [2.24, 2.45) is 0 Å². The quantitative estimate of drug-likeness (QED) is 0.109. The van der Waals surface area contributed by atoms with Crippen LogP contribution in [0.1, 0.15) is 38.8 Å². The molecule has 0 fully saturated rings. The van der Waals surface area contributed by atoms with Crippen molar-refractivity contribution < 1.29 is 27.2 Å². The third-order valence-electron chi connectivity index (χ3n) is 7.10. The number of benzene rings is 5. The van der Waals surface area contributed by atoms with Crippen LogP contribution in [0.15, 0.2) is 121 Å². The van der Waals surface area contributed by atoms with Crippen LogP contribution in [0.4, 0.5) is 0 Å². The lowest BCUT2D eigenvalue weighted by molar-refractivity contribution is 0.160. The van der Waals surface area contributed by atoms with Crippen LogP contribution in [0, 0.1) is 0 Å². The molecule has 45 heavy (non-hydrogen) atoms. The van der Waals surface area contributed by atoms with Gasteiger partial charge in [0.25, 0.3) is 0 Å². The van der Waals surface area contributed by atoms with E-state index in [1.54, 1.807) is 0 Å². The average Bonchev–Trinajstić information content (AvgIpc) is 3.07. The average molecular weight is 621 g/mol. The van der Waals surface area contributed by atoms with Crippen LogP contribution in [-0.2, 0) is 12.8 Å². The van der Waals surface area contributed by atoms with Gasteiger partial charge in [0, 0.05) is 11.1 Å². The molecule has 0 aliphatic heterocycles. The molecule has 0 saturated heterocycles. The van der Waals surface area contributed by atoms with Crippen molar-refractivity contribution in [3.8, 4) is 45.6 Å². The van der Waals surface area contributed by atoms with E-state index in [2.05, 4.69) is 13.8 Å². The summed E-state index contributed by atoms with van der Waals surface area (Å²) in [7, 11) is -4.18. The smallest absolute Gasteiger partial charge is 0.490 e. The number of ether oxygens (including phenoxy) is 2. The summed E-state index contributed by atoms with van der Waals surface area (Å²) in [5.74, 6) is 3.61. The van der Waals surface area contributed by atoms with Gasteiger partial charge in [0.2, 0.25) is 0 Å². The second-order valence-electron chi connectivity index (χ2n) is 10.1. The van der Waals surface area contributed by atoms with Gasteiger partial charge in [-0.05, 0) is 68.7 Å². The van der Waals surface area contributed by atoms with Crippen molar-refractivity contribution in [3.63, 3.8) is 0 Å². The third-order valence-corrected chi connectivity index (χ3v) is 9.02. The van der Waals surface area contributed by atoms with Gasteiger partial charge in [-0.25, -0.2) is 0 Å². The summed E-state index contributed by atoms with van der Waals surface area (Å²) in [4.78, 5) is 0. The van der Waals surface area contributed by atoms with E-state index < -0.39 is 9.05 Å². The predicted molar refractivity (Wildman–Crippen MR) is 181 cm³/mol.